The van der Waals surface area contributed by atoms with Gasteiger partial charge in [-0.1, -0.05) is 31.2 Å². The Morgan fingerprint density at radius 1 is 1.22 bits per heavy atom. The highest BCUT2D eigenvalue weighted by Gasteiger charge is 2.24. The van der Waals surface area contributed by atoms with E-state index in [1.54, 1.807) is 0 Å². The van der Waals surface area contributed by atoms with Crippen molar-refractivity contribution in [2.75, 3.05) is 13.1 Å². The number of ketones is 1. The van der Waals surface area contributed by atoms with Gasteiger partial charge in [0.05, 0.1) is 0 Å². The standard InChI is InChI=1S/C22H29N3O2/c1-5-19(25-11-10-17-8-6-7-9-18(17)13-25)12-23-22(27)21-14(2)20(16(4)26)15(3)24-21/h6-9,19,24H,5,10-13H2,1-4H3,(H,23,27). The van der Waals surface area contributed by atoms with E-state index in [0.717, 1.165) is 37.2 Å². The SMILES string of the molecule is CCC(CNC(=O)c1[nH]c(C)c(C(C)=O)c1C)N1CCc2ccccc2C1. The summed E-state index contributed by atoms with van der Waals surface area (Å²) in [7, 11) is 0. The number of hydrogen-bond donors (Lipinski definition) is 2. The Kier molecular flexibility index (Phi) is 5.80. The summed E-state index contributed by atoms with van der Waals surface area (Å²) in [6.45, 7) is 9.90. The van der Waals surface area contributed by atoms with Crippen molar-refractivity contribution in [2.45, 2.75) is 53.1 Å². The molecule has 2 N–H and O–H groups in total. The molecule has 144 valence electrons. The number of carbonyl (C=O) groups is 2. The lowest BCUT2D eigenvalue weighted by Crippen LogP contribution is -2.45. The van der Waals surface area contributed by atoms with E-state index in [9.17, 15) is 9.59 Å². The molecule has 0 saturated carbocycles. The summed E-state index contributed by atoms with van der Waals surface area (Å²) in [5.74, 6) is -0.155. The van der Waals surface area contributed by atoms with Gasteiger partial charge in [0.2, 0.25) is 0 Å². The van der Waals surface area contributed by atoms with Crippen molar-refractivity contribution in [3.05, 3.63) is 57.9 Å². The van der Waals surface area contributed by atoms with Crippen LogP contribution in [0.1, 0.15) is 63.5 Å². The fourth-order valence-corrected chi connectivity index (χ4v) is 4.16. The number of aromatic nitrogens is 1. The lowest BCUT2D eigenvalue weighted by atomic mass is 9.98. The Bertz CT molecular complexity index is 853. The second-order valence-electron chi connectivity index (χ2n) is 7.44. The Morgan fingerprint density at radius 2 is 1.93 bits per heavy atom. The third-order valence-electron chi connectivity index (χ3n) is 5.66. The van der Waals surface area contributed by atoms with Gasteiger partial charge in [-0.15, -0.1) is 0 Å². The molecule has 2 aromatic rings. The van der Waals surface area contributed by atoms with Crippen LogP contribution >= 0.6 is 0 Å². The number of carbonyl (C=O) groups excluding carboxylic acids is 2. The number of rotatable bonds is 6. The van der Waals surface area contributed by atoms with Gasteiger partial charge in [0.25, 0.3) is 5.91 Å². The highest BCUT2D eigenvalue weighted by molar-refractivity contribution is 6.02. The maximum atomic E-state index is 12.7. The fraction of sp³-hybridized carbons (Fsp3) is 0.455. The van der Waals surface area contributed by atoms with Crippen molar-refractivity contribution in [1.82, 2.24) is 15.2 Å². The summed E-state index contributed by atoms with van der Waals surface area (Å²) in [4.78, 5) is 30.0. The van der Waals surface area contributed by atoms with Gasteiger partial charge in [-0.3, -0.25) is 14.5 Å². The third kappa shape index (κ3) is 3.98. The molecule has 0 fully saturated rings. The van der Waals surface area contributed by atoms with Crippen LogP contribution in [0.5, 0.6) is 0 Å². The zero-order valence-corrected chi connectivity index (χ0v) is 16.7. The van der Waals surface area contributed by atoms with Gasteiger partial charge < -0.3 is 10.3 Å². The van der Waals surface area contributed by atoms with Gasteiger partial charge in [-0.25, -0.2) is 0 Å². The predicted octanol–water partition coefficient (Wildman–Crippen LogP) is 3.40. The van der Waals surface area contributed by atoms with E-state index in [2.05, 4.69) is 46.4 Å². The molecule has 0 bridgehead atoms. The second kappa shape index (κ2) is 8.09. The van der Waals surface area contributed by atoms with E-state index in [4.69, 9.17) is 0 Å². The molecule has 5 heteroatoms. The number of benzene rings is 1. The van der Waals surface area contributed by atoms with E-state index in [1.165, 1.54) is 18.1 Å². The van der Waals surface area contributed by atoms with Gasteiger partial charge >= 0.3 is 0 Å². The van der Waals surface area contributed by atoms with Crippen molar-refractivity contribution in [1.29, 1.82) is 0 Å². The minimum atomic E-state index is -0.140. The first-order valence-electron chi connectivity index (χ1n) is 9.71. The van der Waals surface area contributed by atoms with Crippen molar-refractivity contribution in [3.8, 4) is 0 Å². The number of hydrogen-bond acceptors (Lipinski definition) is 3. The lowest BCUT2D eigenvalue weighted by Gasteiger charge is -2.35. The van der Waals surface area contributed by atoms with Crippen LogP contribution in [0, 0.1) is 13.8 Å². The average molecular weight is 367 g/mol. The van der Waals surface area contributed by atoms with Crippen LogP contribution in [-0.4, -0.2) is 40.7 Å². The summed E-state index contributed by atoms with van der Waals surface area (Å²) in [5.41, 5.74) is 5.43. The van der Waals surface area contributed by atoms with Crippen LogP contribution in [0.4, 0.5) is 0 Å². The molecule has 0 spiro atoms. The van der Waals surface area contributed by atoms with Crippen molar-refractivity contribution in [3.63, 3.8) is 0 Å². The molecule has 1 unspecified atom stereocenters. The van der Waals surface area contributed by atoms with E-state index in [0.29, 0.717) is 23.8 Å². The van der Waals surface area contributed by atoms with Crippen LogP contribution in [0.25, 0.3) is 0 Å². The summed E-state index contributed by atoms with van der Waals surface area (Å²) >= 11 is 0. The van der Waals surface area contributed by atoms with Crippen LogP contribution in [-0.2, 0) is 13.0 Å². The van der Waals surface area contributed by atoms with E-state index >= 15 is 0 Å². The average Bonchev–Trinajstić information content (AvgIpc) is 2.96. The Morgan fingerprint density at radius 3 is 2.56 bits per heavy atom. The van der Waals surface area contributed by atoms with Crippen LogP contribution < -0.4 is 5.32 Å². The van der Waals surface area contributed by atoms with E-state index in [1.807, 2.05) is 13.8 Å². The number of amides is 1. The first-order chi connectivity index (χ1) is 12.9. The first-order valence-corrected chi connectivity index (χ1v) is 9.71. The number of nitrogens with one attached hydrogen (secondary N) is 2. The third-order valence-corrected chi connectivity index (χ3v) is 5.66. The van der Waals surface area contributed by atoms with Crippen LogP contribution in [0.15, 0.2) is 24.3 Å². The molecule has 1 aliphatic heterocycles. The molecule has 0 saturated heterocycles. The van der Waals surface area contributed by atoms with Crippen LogP contribution in [0.2, 0.25) is 0 Å². The molecule has 3 rings (SSSR count). The zero-order chi connectivity index (χ0) is 19.6. The molecule has 0 aliphatic carbocycles. The monoisotopic (exact) mass is 367 g/mol. The second-order valence-corrected chi connectivity index (χ2v) is 7.44. The number of fused-ring (bicyclic) bond motifs is 1. The molecule has 1 amide bonds. The molecule has 1 aliphatic rings. The topological polar surface area (TPSA) is 65.2 Å². The number of nitrogens with zero attached hydrogens (tertiary/aromatic N) is 1. The van der Waals surface area contributed by atoms with Crippen molar-refractivity contribution < 1.29 is 9.59 Å². The highest BCUT2D eigenvalue weighted by Crippen LogP contribution is 2.22. The molecular formula is C22H29N3O2. The lowest BCUT2D eigenvalue weighted by molar-refractivity contribution is 0.0921. The van der Waals surface area contributed by atoms with Crippen LogP contribution in [0.3, 0.4) is 0 Å². The zero-order valence-electron chi connectivity index (χ0n) is 16.7. The van der Waals surface area contributed by atoms with Gasteiger partial charge in [-0.2, -0.15) is 0 Å². The maximum Gasteiger partial charge on any atom is 0.268 e. The minimum Gasteiger partial charge on any atom is -0.354 e. The smallest absolute Gasteiger partial charge is 0.268 e. The van der Waals surface area contributed by atoms with Gasteiger partial charge in [-0.05, 0) is 50.3 Å². The molecule has 1 aromatic heterocycles. The minimum absolute atomic E-state index is 0.0151. The largest absolute Gasteiger partial charge is 0.354 e. The maximum absolute atomic E-state index is 12.7. The quantitative estimate of drug-likeness (QED) is 0.769. The predicted molar refractivity (Wildman–Crippen MR) is 107 cm³/mol. The van der Waals surface area contributed by atoms with Gasteiger partial charge in [0.1, 0.15) is 5.69 Å². The molecule has 2 heterocycles. The van der Waals surface area contributed by atoms with E-state index in [-0.39, 0.29) is 11.7 Å². The van der Waals surface area contributed by atoms with E-state index < -0.39 is 0 Å². The first kappa shape index (κ1) is 19.4. The van der Waals surface area contributed by atoms with Crippen molar-refractivity contribution in [2.24, 2.45) is 0 Å². The fourth-order valence-electron chi connectivity index (χ4n) is 4.16. The number of H-pyrrole nitrogens is 1. The van der Waals surface area contributed by atoms with Gasteiger partial charge in [0, 0.05) is 36.9 Å². The number of aromatic amines is 1. The molecule has 5 nitrogen and oxygen atoms in total. The summed E-state index contributed by atoms with van der Waals surface area (Å²) in [5, 5.41) is 3.07. The molecule has 27 heavy (non-hydrogen) atoms. The van der Waals surface area contributed by atoms with Crippen molar-refractivity contribution >= 4 is 11.7 Å². The number of aryl methyl sites for hydroxylation is 1. The Hall–Kier alpha value is -2.40. The summed E-state index contributed by atoms with van der Waals surface area (Å²) < 4.78 is 0. The number of Topliss-reactive ketones (excluding diaryl/α,β-unsaturated/α-hetero) is 1. The summed E-state index contributed by atoms with van der Waals surface area (Å²) in [6, 6.07) is 8.89. The normalized spacial score (nSPS) is 15.3. The van der Waals surface area contributed by atoms with Gasteiger partial charge in [0.15, 0.2) is 5.78 Å². The highest BCUT2D eigenvalue weighted by atomic mass is 16.2. The Balaban J connectivity index is 1.66. The molecular weight excluding hydrogens is 338 g/mol. The molecule has 0 radical (unpaired) electrons. The molecule has 1 atom stereocenters. The summed E-state index contributed by atoms with van der Waals surface area (Å²) in [6.07, 6.45) is 2.03. The Labute approximate surface area is 161 Å². The molecule has 1 aromatic carbocycles.